The second-order valence-corrected chi connectivity index (χ2v) is 11.2. The first-order valence-corrected chi connectivity index (χ1v) is 14.0. The molecule has 0 saturated heterocycles. The van der Waals surface area contributed by atoms with E-state index in [1.807, 2.05) is 0 Å². The zero-order chi connectivity index (χ0) is 29.4. The number of carboxylic acid groups (broad SMARTS) is 1. The van der Waals surface area contributed by atoms with Gasteiger partial charge in [-0.1, -0.05) is 53.5 Å². The maximum absolute atomic E-state index is 13.1. The van der Waals surface area contributed by atoms with Crippen LogP contribution in [-0.2, 0) is 31.0 Å². The lowest BCUT2D eigenvalue weighted by Gasteiger charge is -2.21. The maximum atomic E-state index is 13.1. The number of halogens is 2. The van der Waals surface area contributed by atoms with Crippen molar-refractivity contribution in [3.63, 3.8) is 0 Å². The number of amides is 3. The molecule has 1 aliphatic rings. The van der Waals surface area contributed by atoms with E-state index in [-0.39, 0.29) is 22.4 Å². The number of aliphatic imine (C=N–C) groups is 1. The molecule has 214 valence electrons. The Labute approximate surface area is 240 Å². The summed E-state index contributed by atoms with van der Waals surface area (Å²) >= 11 is 12.0. The van der Waals surface area contributed by atoms with Gasteiger partial charge in [0.2, 0.25) is 21.8 Å². The number of carbonyl (C=O) groups is 4. The van der Waals surface area contributed by atoms with Crippen LogP contribution in [0.4, 0.5) is 4.79 Å². The third kappa shape index (κ3) is 7.99. The summed E-state index contributed by atoms with van der Waals surface area (Å²) in [4.78, 5) is 52.4. The number of nitrogens with one attached hydrogen (secondary N) is 2. The summed E-state index contributed by atoms with van der Waals surface area (Å²) in [6, 6.07) is 11.0. The highest BCUT2D eigenvalue weighted by atomic mass is 35.5. The molecule has 3 amide bonds. The quantitative estimate of drug-likeness (QED) is 0.254. The predicted octanol–water partition coefficient (Wildman–Crippen LogP) is 0.685. The summed E-state index contributed by atoms with van der Waals surface area (Å²) in [5.74, 6) is -1.86. The van der Waals surface area contributed by atoms with Crippen molar-refractivity contribution in [3.8, 4) is 0 Å². The Morgan fingerprint density at radius 1 is 1.02 bits per heavy atom. The molecule has 1 aliphatic heterocycles. The summed E-state index contributed by atoms with van der Waals surface area (Å²) in [5.41, 5.74) is 6.65. The fraction of sp³-hybridized carbons (Fsp3) is 0.292. The standard InChI is InChI=1S/C24H26Cl2N6O7S/c25-18-2-1-3-19(26)22(18)40(38,39)31(13-20(27)34)14-21(35)30-12-17(33)11-28-10-15-4-6-16(7-5-15)23-29-8-9-32(23)24(36)37/h1-7,28H,8-14H2,(H2,27,34)(H,30,35)(H,36,37). The van der Waals surface area contributed by atoms with Crippen molar-refractivity contribution in [1.82, 2.24) is 19.8 Å². The first kappa shape index (κ1) is 31.0. The Balaban J connectivity index is 1.50. The molecule has 0 radical (unpaired) electrons. The van der Waals surface area contributed by atoms with E-state index in [0.29, 0.717) is 35.3 Å². The van der Waals surface area contributed by atoms with Crippen LogP contribution in [0.3, 0.4) is 0 Å². The van der Waals surface area contributed by atoms with Crippen LogP contribution in [0.5, 0.6) is 0 Å². The molecule has 0 aliphatic carbocycles. The molecule has 40 heavy (non-hydrogen) atoms. The first-order valence-electron chi connectivity index (χ1n) is 11.8. The van der Waals surface area contributed by atoms with Crippen molar-refractivity contribution in [2.24, 2.45) is 10.7 Å². The van der Waals surface area contributed by atoms with Crippen LogP contribution in [0.2, 0.25) is 10.0 Å². The molecule has 13 nitrogen and oxygen atoms in total. The van der Waals surface area contributed by atoms with E-state index in [1.54, 1.807) is 24.3 Å². The minimum atomic E-state index is -4.48. The van der Waals surface area contributed by atoms with Crippen molar-refractivity contribution >= 4 is 62.8 Å². The van der Waals surface area contributed by atoms with Crippen molar-refractivity contribution in [3.05, 3.63) is 63.6 Å². The number of hydrogen-bond donors (Lipinski definition) is 4. The van der Waals surface area contributed by atoms with E-state index < -0.39 is 52.5 Å². The summed E-state index contributed by atoms with van der Waals surface area (Å²) in [6.07, 6.45) is -1.07. The van der Waals surface area contributed by atoms with Gasteiger partial charge in [0.1, 0.15) is 10.7 Å². The predicted molar refractivity (Wildman–Crippen MR) is 147 cm³/mol. The summed E-state index contributed by atoms with van der Waals surface area (Å²) in [5, 5.41) is 14.1. The Bertz CT molecular complexity index is 1410. The molecule has 2 aromatic rings. The molecular weight excluding hydrogens is 587 g/mol. The smallest absolute Gasteiger partial charge is 0.413 e. The normalized spacial score (nSPS) is 13.3. The lowest BCUT2D eigenvalue weighted by Crippen LogP contribution is -2.46. The molecule has 2 aromatic carbocycles. The highest BCUT2D eigenvalue weighted by molar-refractivity contribution is 7.89. The summed E-state index contributed by atoms with van der Waals surface area (Å²) in [6.45, 7) is -1.08. The number of hydrogen-bond acceptors (Lipinski definition) is 8. The Morgan fingerprint density at radius 3 is 2.27 bits per heavy atom. The number of rotatable bonds is 13. The molecule has 0 spiro atoms. The molecule has 5 N–H and O–H groups in total. The Kier molecular flexibility index (Phi) is 10.6. The van der Waals surface area contributed by atoms with Gasteiger partial charge < -0.3 is 21.5 Å². The van der Waals surface area contributed by atoms with E-state index in [2.05, 4.69) is 15.6 Å². The third-order valence-electron chi connectivity index (χ3n) is 5.59. The van der Waals surface area contributed by atoms with Gasteiger partial charge >= 0.3 is 6.09 Å². The maximum Gasteiger partial charge on any atom is 0.413 e. The lowest BCUT2D eigenvalue weighted by atomic mass is 10.1. The number of nitrogens with zero attached hydrogens (tertiary/aromatic N) is 3. The van der Waals surface area contributed by atoms with Gasteiger partial charge in [0.15, 0.2) is 5.78 Å². The van der Waals surface area contributed by atoms with Gasteiger partial charge in [-0.25, -0.2) is 13.2 Å². The number of nitrogens with two attached hydrogens (primary N) is 1. The highest BCUT2D eigenvalue weighted by Crippen LogP contribution is 2.31. The average molecular weight is 613 g/mol. The number of amidine groups is 1. The molecular formula is C24H26Cl2N6O7S. The average Bonchev–Trinajstić information content (AvgIpc) is 3.37. The van der Waals surface area contributed by atoms with Crippen LogP contribution in [0.15, 0.2) is 52.4 Å². The second kappa shape index (κ2) is 13.7. The third-order valence-corrected chi connectivity index (χ3v) is 8.33. The highest BCUT2D eigenvalue weighted by Gasteiger charge is 2.32. The van der Waals surface area contributed by atoms with Gasteiger partial charge in [-0.15, -0.1) is 0 Å². The van der Waals surface area contributed by atoms with Gasteiger partial charge in [0.25, 0.3) is 0 Å². The topological polar surface area (TPSA) is 192 Å². The van der Waals surface area contributed by atoms with Crippen LogP contribution < -0.4 is 16.4 Å². The molecule has 0 unspecified atom stereocenters. The van der Waals surface area contributed by atoms with Crippen molar-refractivity contribution in [2.45, 2.75) is 11.4 Å². The molecule has 0 atom stereocenters. The van der Waals surface area contributed by atoms with Gasteiger partial charge in [0.05, 0.1) is 49.3 Å². The van der Waals surface area contributed by atoms with E-state index >= 15 is 0 Å². The minimum Gasteiger partial charge on any atom is -0.465 e. The van der Waals surface area contributed by atoms with Gasteiger partial charge in [-0.3, -0.25) is 24.3 Å². The molecule has 3 rings (SSSR count). The van der Waals surface area contributed by atoms with Crippen molar-refractivity contribution < 1.29 is 32.7 Å². The van der Waals surface area contributed by atoms with Gasteiger partial charge in [-0.2, -0.15) is 4.31 Å². The van der Waals surface area contributed by atoms with Crippen LogP contribution in [0.1, 0.15) is 11.1 Å². The molecule has 0 aromatic heterocycles. The lowest BCUT2D eigenvalue weighted by molar-refractivity contribution is -0.125. The number of primary amides is 1. The summed E-state index contributed by atoms with van der Waals surface area (Å²) < 4.78 is 26.6. The Hall–Kier alpha value is -3.56. The largest absolute Gasteiger partial charge is 0.465 e. The van der Waals surface area contributed by atoms with Crippen molar-refractivity contribution in [1.29, 1.82) is 0 Å². The second-order valence-electron chi connectivity index (χ2n) is 8.55. The number of Topliss-reactive ketones (excluding diaryl/α,β-unsaturated/α-hetero) is 1. The van der Waals surface area contributed by atoms with E-state index in [9.17, 15) is 32.7 Å². The van der Waals surface area contributed by atoms with E-state index in [4.69, 9.17) is 28.9 Å². The molecule has 0 saturated carbocycles. The fourth-order valence-electron chi connectivity index (χ4n) is 3.73. The number of carbonyl (C=O) groups excluding carboxylic acids is 3. The van der Waals surface area contributed by atoms with Gasteiger partial charge in [-0.05, 0) is 17.7 Å². The van der Waals surface area contributed by atoms with E-state index in [1.165, 1.54) is 23.1 Å². The molecule has 0 bridgehead atoms. The number of ketones is 1. The van der Waals surface area contributed by atoms with Gasteiger partial charge in [0, 0.05) is 12.1 Å². The number of benzene rings is 2. The van der Waals surface area contributed by atoms with Crippen LogP contribution in [0, 0.1) is 0 Å². The summed E-state index contributed by atoms with van der Waals surface area (Å²) in [7, 11) is -4.48. The van der Waals surface area contributed by atoms with Crippen molar-refractivity contribution in [2.75, 3.05) is 39.3 Å². The SMILES string of the molecule is NC(=O)CN(CC(=O)NCC(=O)CNCc1ccc(C2=NCCN2C(=O)O)cc1)S(=O)(=O)c1c(Cl)cccc1Cl. The Morgan fingerprint density at radius 2 is 1.68 bits per heavy atom. The molecule has 16 heteroatoms. The van der Waals surface area contributed by atoms with Crippen LogP contribution in [-0.4, -0.2) is 91.5 Å². The number of sulfonamides is 1. The molecule has 0 fully saturated rings. The first-order chi connectivity index (χ1) is 18.9. The zero-order valence-corrected chi connectivity index (χ0v) is 23.3. The monoisotopic (exact) mass is 612 g/mol. The minimum absolute atomic E-state index is 0.0972. The fourth-order valence-corrected chi connectivity index (χ4v) is 6.19. The molecule has 1 heterocycles. The van der Waals surface area contributed by atoms with Crippen LogP contribution in [0.25, 0.3) is 0 Å². The van der Waals surface area contributed by atoms with E-state index in [0.717, 1.165) is 5.56 Å². The van der Waals surface area contributed by atoms with Crippen LogP contribution >= 0.6 is 23.2 Å². The zero-order valence-electron chi connectivity index (χ0n) is 21.0.